The lowest BCUT2D eigenvalue weighted by Gasteiger charge is -2.41. The van der Waals surface area contributed by atoms with Gasteiger partial charge in [-0.25, -0.2) is 0 Å². The number of β-amino-alcohol motifs (C(OH)–C–C–N with tert-alkyl or cyclic N) is 1. The fourth-order valence-corrected chi connectivity index (χ4v) is 1.71. The molecule has 1 aliphatic heterocycles. The van der Waals surface area contributed by atoms with Gasteiger partial charge in [0.1, 0.15) is 0 Å². The predicted molar refractivity (Wildman–Crippen MR) is 50.2 cm³/mol. The number of rotatable bonds is 5. The molecule has 1 saturated heterocycles. The summed E-state index contributed by atoms with van der Waals surface area (Å²) in [6.07, 6.45) is 2.33. The third-order valence-corrected chi connectivity index (χ3v) is 2.49. The van der Waals surface area contributed by atoms with E-state index in [0.717, 1.165) is 13.1 Å². The number of hydrogen-bond donors (Lipinski definition) is 2. The molecule has 2 N–H and O–H groups in total. The zero-order valence-electron chi connectivity index (χ0n) is 8.08. The van der Waals surface area contributed by atoms with Crippen LogP contribution in [0.1, 0.15) is 19.8 Å². The lowest BCUT2D eigenvalue weighted by Crippen LogP contribution is -2.51. The molecule has 0 aromatic heterocycles. The molecule has 0 bridgehead atoms. The largest absolute Gasteiger partial charge is 0.392 e. The van der Waals surface area contributed by atoms with Gasteiger partial charge < -0.3 is 10.4 Å². The SMILES string of the molecule is CNCCC1CCN1CC(C)O. The number of hydrogen-bond acceptors (Lipinski definition) is 3. The fraction of sp³-hybridized carbons (Fsp3) is 1.00. The van der Waals surface area contributed by atoms with Gasteiger partial charge in [0.15, 0.2) is 0 Å². The highest BCUT2D eigenvalue weighted by Crippen LogP contribution is 2.19. The van der Waals surface area contributed by atoms with Gasteiger partial charge in [0.2, 0.25) is 0 Å². The third kappa shape index (κ3) is 2.73. The van der Waals surface area contributed by atoms with Gasteiger partial charge in [-0.2, -0.15) is 0 Å². The number of aliphatic hydroxyl groups is 1. The van der Waals surface area contributed by atoms with Crippen molar-refractivity contribution in [2.45, 2.75) is 31.9 Å². The Balaban J connectivity index is 2.11. The average molecular weight is 172 g/mol. The molecule has 0 spiro atoms. The Morgan fingerprint density at radius 2 is 2.42 bits per heavy atom. The van der Waals surface area contributed by atoms with Crippen molar-refractivity contribution in [2.75, 3.05) is 26.7 Å². The molecule has 0 aliphatic carbocycles. The van der Waals surface area contributed by atoms with Crippen LogP contribution in [0.3, 0.4) is 0 Å². The molecule has 0 radical (unpaired) electrons. The van der Waals surface area contributed by atoms with Crippen LogP contribution in [-0.4, -0.2) is 48.8 Å². The maximum Gasteiger partial charge on any atom is 0.0639 e. The molecular weight excluding hydrogens is 152 g/mol. The van der Waals surface area contributed by atoms with Gasteiger partial charge in [-0.15, -0.1) is 0 Å². The normalized spacial score (nSPS) is 26.8. The summed E-state index contributed by atoms with van der Waals surface area (Å²) in [5.41, 5.74) is 0. The quantitative estimate of drug-likeness (QED) is 0.615. The second kappa shape index (κ2) is 4.80. The van der Waals surface area contributed by atoms with Gasteiger partial charge in [-0.1, -0.05) is 0 Å². The highest BCUT2D eigenvalue weighted by molar-refractivity contribution is 4.83. The summed E-state index contributed by atoms with van der Waals surface area (Å²) < 4.78 is 0. The van der Waals surface area contributed by atoms with Crippen molar-refractivity contribution < 1.29 is 5.11 Å². The van der Waals surface area contributed by atoms with Crippen LogP contribution in [0.5, 0.6) is 0 Å². The molecule has 1 rings (SSSR count). The molecule has 0 saturated carbocycles. The molecule has 0 amide bonds. The number of nitrogens with one attached hydrogen (secondary N) is 1. The van der Waals surface area contributed by atoms with E-state index in [1.807, 2.05) is 14.0 Å². The van der Waals surface area contributed by atoms with Crippen molar-refractivity contribution in [2.24, 2.45) is 0 Å². The summed E-state index contributed by atoms with van der Waals surface area (Å²) >= 11 is 0. The van der Waals surface area contributed by atoms with Crippen molar-refractivity contribution in [1.29, 1.82) is 0 Å². The Morgan fingerprint density at radius 3 is 2.83 bits per heavy atom. The molecule has 72 valence electrons. The zero-order valence-corrected chi connectivity index (χ0v) is 8.08. The summed E-state index contributed by atoms with van der Waals surface area (Å²) in [4.78, 5) is 2.36. The van der Waals surface area contributed by atoms with Crippen LogP contribution in [-0.2, 0) is 0 Å². The molecule has 1 fully saturated rings. The Bertz CT molecular complexity index is 128. The van der Waals surface area contributed by atoms with Gasteiger partial charge >= 0.3 is 0 Å². The Hall–Kier alpha value is -0.120. The first kappa shape index (κ1) is 9.96. The van der Waals surface area contributed by atoms with Crippen molar-refractivity contribution >= 4 is 0 Å². The van der Waals surface area contributed by atoms with E-state index in [-0.39, 0.29) is 6.10 Å². The van der Waals surface area contributed by atoms with Crippen molar-refractivity contribution in [1.82, 2.24) is 10.2 Å². The number of aliphatic hydroxyl groups excluding tert-OH is 1. The standard InChI is InChI=1S/C9H20N2O/c1-8(12)7-11-6-4-9(11)3-5-10-2/h8-10,12H,3-7H2,1-2H3. The Kier molecular flexibility index (Phi) is 3.98. The smallest absolute Gasteiger partial charge is 0.0639 e. The predicted octanol–water partition coefficient (Wildman–Crippen LogP) is 0.0510. The summed E-state index contributed by atoms with van der Waals surface area (Å²) in [6.45, 7) is 4.95. The summed E-state index contributed by atoms with van der Waals surface area (Å²) in [5.74, 6) is 0. The van der Waals surface area contributed by atoms with Crippen molar-refractivity contribution in [3.63, 3.8) is 0 Å². The Morgan fingerprint density at radius 1 is 1.67 bits per heavy atom. The lowest BCUT2D eigenvalue weighted by atomic mass is 9.99. The van der Waals surface area contributed by atoms with Gasteiger partial charge in [0.25, 0.3) is 0 Å². The number of likely N-dealkylation sites (tertiary alicyclic amines) is 1. The van der Waals surface area contributed by atoms with Crippen LogP contribution in [0.15, 0.2) is 0 Å². The van der Waals surface area contributed by atoms with E-state index in [4.69, 9.17) is 0 Å². The highest BCUT2D eigenvalue weighted by Gasteiger charge is 2.27. The van der Waals surface area contributed by atoms with E-state index < -0.39 is 0 Å². The molecule has 3 nitrogen and oxygen atoms in total. The van der Waals surface area contributed by atoms with Crippen LogP contribution >= 0.6 is 0 Å². The molecule has 0 aromatic carbocycles. The fourth-order valence-electron chi connectivity index (χ4n) is 1.71. The number of nitrogens with zero attached hydrogens (tertiary/aromatic N) is 1. The minimum atomic E-state index is -0.178. The van der Waals surface area contributed by atoms with Crippen LogP contribution in [0, 0.1) is 0 Å². The topological polar surface area (TPSA) is 35.5 Å². The van der Waals surface area contributed by atoms with Crippen LogP contribution in [0.2, 0.25) is 0 Å². The molecule has 1 heterocycles. The van der Waals surface area contributed by atoms with E-state index in [9.17, 15) is 5.11 Å². The first-order chi connectivity index (χ1) is 5.74. The van der Waals surface area contributed by atoms with Gasteiger partial charge in [-0.05, 0) is 33.4 Å². The molecule has 3 heteroatoms. The first-order valence-corrected chi connectivity index (χ1v) is 4.80. The van der Waals surface area contributed by atoms with Gasteiger partial charge in [-0.3, -0.25) is 4.90 Å². The summed E-state index contributed by atoms with van der Waals surface area (Å²) in [6, 6.07) is 0.715. The average Bonchev–Trinajstić information content (AvgIpc) is 1.99. The zero-order chi connectivity index (χ0) is 8.97. The van der Waals surface area contributed by atoms with E-state index in [1.54, 1.807) is 0 Å². The first-order valence-electron chi connectivity index (χ1n) is 4.80. The van der Waals surface area contributed by atoms with Crippen molar-refractivity contribution in [3.05, 3.63) is 0 Å². The maximum absolute atomic E-state index is 9.17. The van der Waals surface area contributed by atoms with Crippen LogP contribution in [0.25, 0.3) is 0 Å². The van der Waals surface area contributed by atoms with E-state index in [1.165, 1.54) is 19.4 Å². The van der Waals surface area contributed by atoms with Crippen molar-refractivity contribution in [3.8, 4) is 0 Å². The second-order valence-electron chi connectivity index (χ2n) is 3.68. The second-order valence-corrected chi connectivity index (χ2v) is 3.68. The summed E-state index contributed by atoms with van der Waals surface area (Å²) in [7, 11) is 1.98. The molecule has 1 aliphatic rings. The molecule has 2 atom stereocenters. The molecule has 0 aromatic rings. The third-order valence-electron chi connectivity index (χ3n) is 2.49. The van der Waals surface area contributed by atoms with Gasteiger partial charge in [0, 0.05) is 19.1 Å². The highest BCUT2D eigenvalue weighted by atomic mass is 16.3. The minimum absolute atomic E-state index is 0.178. The monoisotopic (exact) mass is 172 g/mol. The summed E-state index contributed by atoms with van der Waals surface area (Å²) in [5, 5.41) is 12.3. The van der Waals surface area contributed by atoms with Crippen LogP contribution < -0.4 is 5.32 Å². The molecular formula is C9H20N2O. The Labute approximate surface area is 74.8 Å². The minimum Gasteiger partial charge on any atom is -0.392 e. The lowest BCUT2D eigenvalue weighted by molar-refractivity contribution is 0.0345. The molecule has 12 heavy (non-hydrogen) atoms. The van der Waals surface area contributed by atoms with E-state index >= 15 is 0 Å². The van der Waals surface area contributed by atoms with E-state index in [2.05, 4.69) is 10.2 Å². The van der Waals surface area contributed by atoms with Crippen LogP contribution in [0.4, 0.5) is 0 Å². The molecule has 2 unspecified atom stereocenters. The maximum atomic E-state index is 9.17. The van der Waals surface area contributed by atoms with E-state index in [0.29, 0.717) is 6.04 Å². The van der Waals surface area contributed by atoms with Gasteiger partial charge in [0.05, 0.1) is 6.10 Å².